The van der Waals surface area contributed by atoms with Crippen molar-refractivity contribution in [3.63, 3.8) is 0 Å². The molecule has 6 heteroatoms. The number of benzene rings is 1. The van der Waals surface area contributed by atoms with Gasteiger partial charge in [0.15, 0.2) is 0 Å². The van der Waals surface area contributed by atoms with Crippen molar-refractivity contribution in [2.45, 2.75) is 23.6 Å². The van der Waals surface area contributed by atoms with Crippen LogP contribution in [0.15, 0.2) is 34.1 Å². The third-order valence-electron chi connectivity index (χ3n) is 2.96. The van der Waals surface area contributed by atoms with Gasteiger partial charge in [-0.25, -0.2) is 12.7 Å². The van der Waals surface area contributed by atoms with Crippen molar-refractivity contribution in [2.75, 3.05) is 26.4 Å². The molecule has 1 rings (SSSR count). The number of hydrogen-bond acceptors (Lipinski definition) is 4. The molecule has 2 N–H and O–H groups in total. The van der Waals surface area contributed by atoms with Crippen LogP contribution >= 0.6 is 11.8 Å². The molecule has 1 aromatic carbocycles. The molecule has 0 aliphatic carbocycles. The van der Waals surface area contributed by atoms with E-state index in [-0.39, 0.29) is 5.41 Å². The molecular weight excluding hydrogens is 280 g/mol. The number of hydrogen-bond donors (Lipinski definition) is 1. The van der Waals surface area contributed by atoms with Gasteiger partial charge < -0.3 is 5.73 Å². The van der Waals surface area contributed by atoms with E-state index in [0.717, 1.165) is 4.90 Å². The highest BCUT2D eigenvalue weighted by atomic mass is 32.2. The molecule has 0 atom stereocenters. The first-order valence-electron chi connectivity index (χ1n) is 6.04. The zero-order valence-electron chi connectivity index (χ0n) is 11.9. The van der Waals surface area contributed by atoms with E-state index in [1.165, 1.54) is 16.1 Å². The summed E-state index contributed by atoms with van der Waals surface area (Å²) in [6, 6.07) is 7.05. The zero-order chi connectivity index (χ0) is 14.7. The number of sulfonamides is 1. The molecule has 0 radical (unpaired) electrons. The van der Waals surface area contributed by atoms with Gasteiger partial charge in [0, 0.05) is 18.5 Å². The second-order valence-corrected chi connectivity index (χ2v) is 8.14. The molecular formula is C13H22N2O2S2. The summed E-state index contributed by atoms with van der Waals surface area (Å²) in [6.07, 6.45) is 1.87. The smallest absolute Gasteiger partial charge is 0.243 e. The maximum Gasteiger partial charge on any atom is 0.243 e. The van der Waals surface area contributed by atoms with E-state index in [0.29, 0.717) is 18.0 Å². The van der Waals surface area contributed by atoms with Crippen LogP contribution in [-0.2, 0) is 10.0 Å². The monoisotopic (exact) mass is 302 g/mol. The lowest BCUT2D eigenvalue weighted by atomic mass is 9.94. The molecule has 0 bridgehead atoms. The Morgan fingerprint density at radius 2 is 1.89 bits per heavy atom. The van der Waals surface area contributed by atoms with Crippen molar-refractivity contribution in [1.29, 1.82) is 0 Å². The van der Waals surface area contributed by atoms with Crippen LogP contribution in [0.1, 0.15) is 13.8 Å². The Hall–Kier alpha value is -0.560. The van der Waals surface area contributed by atoms with E-state index in [9.17, 15) is 8.42 Å². The van der Waals surface area contributed by atoms with Gasteiger partial charge in [0.2, 0.25) is 10.0 Å². The van der Waals surface area contributed by atoms with Gasteiger partial charge in [-0.15, -0.1) is 11.8 Å². The van der Waals surface area contributed by atoms with E-state index < -0.39 is 10.0 Å². The largest absolute Gasteiger partial charge is 0.330 e. The average molecular weight is 302 g/mol. The quantitative estimate of drug-likeness (QED) is 0.817. The molecule has 0 fully saturated rings. The molecule has 0 unspecified atom stereocenters. The minimum absolute atomic E-state index is 0.240. The lowest BCUT2D eigenvalue weighted by molar-refractivity contribution is 0.291. The number of nitrogens with zero attached hydrogens (tertiary/aromatic N) is 1. The van der Waals surface area contributed by atoms with E-state index in [4.69, 9.17) is 5.73 Å². The fourth-order valence-corrected chi connectivity index (χ4v) is 4.23. The average Bonchev–Trinajstić information content (AvgIpc) is 2.38. The Labute approximate surface area is 120 Å². The van der Waals surface area contributed by atoms with Gasteiger partial charge in [-0.2, -0.15) is 0 Å². The molecule has 0 amide bonds. The first-order chi connectivity index (χ1) is 8.74. The Morgan fingerprint density at radius 3 is 2.42 bits per heavy atom. The summed E-state index contributed by atoms with van der Waals surface area (Å²) in [5, 5.41) is 0. The van der Waals surface area contributed by atoms with Gasteiger partial charge >= 0.3 is 0 Å². The summed E-state index contributed by atoms with van der Waals surface area (Å²) in [6.45, 7) is 4.75. The summed E-state index contributed by atoms with van der Waals surface area (Å²) < 4.78 is 26.5. The molecule has 19 heavy (non-hydrogen) atoms. The third kappa shape index (κ3) is 3.95. The lowest BCUT2D eigenvalue weighted by Gasteiger charge is -2.28. The Bertz CT molecular complexity index is 527. The topological polar surface area (TPSA) is 63.4 Å². The van der Waals surface area contributed by atoms with Crippen LogP contribution < -0.4 is 5.73 Å². The van der Waals surface area contributed by atoms with Gasteiger partial charge in [-0.05, 0) is 30.3 Å². The molecule has 4 nitrogen and oxygen atoms in total. The Balaban J connectivity index is 3.10. The first kappa shape index (κ1) is 16.5. The summed E-state index contributed by atoms with van der Waals surface area (Å²) in [5.74, 6) is 0. The predicted octanol–water partition coefficient (Wildman–Crippen LogP) is 2.01. The second-order valence-electron chi connectivity index (χ2n) is 5.28. The Morgan fingerprint density at radius 1 is 1.32 bits per heavy atom. The predicted molar refractivity (Wildman–Crippen MR) is 80.9 cm³/mol. The van der Waals surface area contributed by atoms with Crippen molar-refractivity contribution in [2.24, 2.45) is 11.1 Å². The molecule has 0 saturated heterocycles. The van der Waals surface area contributed by atoms with Gasteiger partial charge in [0.25, 0.3) is 0 Å². The van der Waals surface area contributed by atoms with Crippen LogP contribution in [-0.4, -0.2) is 39.1 Å². The normalized spacial score (nSPS) is 12.9. The van der Waals surface area contributed by atoms with Gasteiger partial charge in [0.1, 0.15) is 0 Å². The molecule has 0 aromatic heterocycles. The molecule has 1 aromatic rings. The summed E-state index contributed by atoms with van der Waals surface area (Å²) >= 11 is 1.43. The number of nitrogens with two attached hydrogens (primary N) is 1. The fraction of sp³-hybridized carbons (Fsp3) is 0.538. The standard InChI is InChI=1S/C13H22N2O2S2/c1-13(2,9-14)10-15(3)19(16,17)12-8-6-5-7-11(12)18-4/h5-8H,9-10,14H2,1-4H3. The van der Waals surface area contributed by atoms with Crippen molar-refractivity contribution in [1.82, 2.24) is 4.31 Å². The third-order valence-corrected chi connectivity index (χ3v) is 5.75. The van der Waals surface area contributed by atoms with Crippen molar-refractivity contribution in [3.05, 3.63) is 24.3 Å². The van der Waals surface area contributed by atoms with Crippen molar-refractivity contribution in [3.8, 4) is 0 Å². The minimum Gasteiger partial charge on any atom is -0.330 e. The van der Waals surface area contributed by atoms with Crippen LogP contribution in [0.4, 0.5) is 0 Å². The van der Waals surface area contributed by atoms with E-state index in [1.54, 1.807) is 19.2 Å². The highest BCUT2D eigenvalue weighted by molar-refractivity contribution is 7.99. The molecule has 0 aliphatic rings. The second kappa shape index (κ2) is 6.26. The molecule has 0 spiro atoms. The molecule has 108 valence electrons. The maximum absolute atomic E-state index is 12.6. The van der Waals surface area contributed by atoms with Gasteiger partial charge in [-0.1, -0.05) is 26.0 Å². The highest BCUT2D eigenvalue weighted by Crippen LogP contribution is 2.28. The van der Waals surface area contributed by atoms with E-state index >= 15 is 0 Å². The number of thioether (sulfide) groups is 1. The zero-order valence-corrected chi connectivity index (χ0v) is 13.5. The molecule has 0 aliphatic heterocycles. The highest BCUT2D eigenvalue weighted by Gasteiger charge is 2.28. The van der Waals surface area contributed by atoms with Gasteiger partial charge in [-0.3, -0.25) is 0 Å². The van der Waals surface area contributed by atoms with Crippen molar-refractivity contribution >= 4 is 21.8 Å². The van der Waals surface area contributed by atoms with Crippen LogP contribution in [0.3, 0.4) is 0 Å². The molecule has 0 saturated carbocycles. The van der Waals surface area contributed by atoms with Crippen LogP contribution in [0.2, 0.25) is 0 Å². The van der Waals surface area contributed by atoms with E-state index in [2.05, 4.69) is 0 Å². The van der Waals surface area contributed by atoms with Crippen LogP contribution in [0, 0.1) is 5.41 Å². The molecule has 0 heterocycles. The van der Waals surface area contributed by atoms with Crippen molar-refractivity contribution < 1.29 is 8.42 Å². The fourth-order valence-electron chi connectivity index (χ4n) is 1.75. The van der Waals surface area contributed by atoms with E-state index in [1.807, 2.05) is 32.2 Å². The summed E-state index contributed by atoms with van der Waals surface area (Å²) in [4.78, 5) is 1.12. The van der Waals surface area contributed by atoms with Crippen LogP contribution in [0.5, 0.6) is 0 Å². The lowest BCUT2D eigenvalue weighted by Crippen LogP contribution is -2.39. The maximum atomic E-state index is 12.6. The number of rotatable bonds is 6. The van der Waals surface area contributed by atoms with Gasteiger partial charge in [0.05, 0.1) is 4.90 Å². The first-order valence-corrected chi connectivity index (χ1v) is 8.70. The van der Waals surface area contributed by atoms with Crippen LogP contribution in [0.25, 0.3) is 0 Å². The Kier molecular flexibility index (Phi) is 5.43. The summed E-state index contributed by atoms with van der Waals surface area (Å²) in [5.41, 5.74) is 5.43. The SMILES string of the molecule is CSc1ccccc1S(=O)(=O)N(C)CC(C)(C)CN. The minimum atomic E-state index is -3.47. The summed E-state index contributed by atoms with van der Waals surface area (Å²) in [7, 11) is -1.87.